The highest BCUT2D eigenvalue weighted by Gasteiger charge is 2.19. The van der Waals surface area contributed by atoms with Crippen LogP contribution in [0.1, 0.15) is 13.8 Å². The Kier molecular flexibility index (Phi) is 8.29. The minimum Gasteiger partial charge on any atom is -0.383 e. The molecule has 0 heterocycles. The quantitative estimate of drug-likeness (QED) is 0.512. The summed E-state index contributed by atoms with van der Waals surface area (Å²) >= 11 is 0. The summed E-state index contributed by atoms with van der Waals surface area (Å²) in [4.78, 5) is 24.7. The topological polar surface area (TPSA) is 96.7 Å². The van der Waals surface area contributed by atoms with Crippen molar-refractivity contribution in [2.24, 2.45) is 11.1 Å². The lowest BCUT2D eigenvalue weighted by atomic mass is 9.93. The number of ether oxygens (including phenoxy) is 1. The van der Waals surface area contributed by atoms with Gasteiger partial charge in [-0.25, -0.2) is 4.79 Å². The van der Waals surface area contributed by atoms with E-state index < -0.39 is 6.03 Å². The number of likely N-dealkylation sites (N-methyl/N-ethyl adjacent to an activating group) is 1. The first-order chi connectivity index (χ1) is 8.80. The van der Waals surface area contributed by atoms with Gasteiger partial charge < -0.3 is 15.8 Å². The number of methoxy groups -OCH3 is 1. The van der Waals surface area contributed by atoms with E-state index in [9.17, 15) is 9.59 Å². The fourth-order valence-corrected chi connectivity index (χ4v) is 1.57. The number of hydrogen-bond donors (Lipinski definition) is 3. The molecule has 19 heavy (non-hydrogen) atoms. The minimum atomic E-state index is -0.506. The molecule has 7 heteroatoms. The highest BCUT2D eigenvalue weighted by molar-refractivity contribution is 5.95. The van der Waals surface area contributed by atoms with Crippen LogP contribution in [0, 0.1) is 5.41 Å². The zero-order valence-corrected chi connectivity index (χ0v) is 12.3. The van der Waals surface area contributed by atoms with Crippen molar-refractivity contribution >= 4 is 11.9 Å². The summed E-state index contributed by atoms with van der Waals surface area (Å²) in [5, 5.41) is 4.77. The molecule has 3 amide bonds. The number of carbonyl (C=O) groups is 2. The number of carbonyl (C=O) groups excluding carboxylic acids is 2. The molecule has 0 bridgehead atoms. The summed E-state index contributed by atoms with van der Waals surface area (Å²) in [5.41, 5.74) is 5.57. The Hall–Kier alpha value is -1.18. The zero-order valence-electron chi connectivity index (χ0n) is 12.3. The first kappa shape index (κ1) is 17.8. The average Bonchev–Trinajstić information content (AvgIpc) is 2.28. The molecule has 0 aliphatic rings. The van der Waals surface area contributed by atoms with Gasteiger partial charge in [-0.3, -0.25) is 15.0 Å². The number of urea groups is 1. The van der Waals surface area contributed by atoms with Crippen LogP contribution >= 0.6 is 0 Å². The average molecular weight is 274 g/mol. The third-order valence-electron chi connectivity index (χ3n) is 2.51. The molecule has 0 fully saturated rings. The Labute approximate surface area is 114 Å². The van der Waals surface area contributed by atoms with E-state index in [1.807, 2.05) is 25.8 Å². The van der Waals surface area contributed by atoms with Crippen molar-refractivity contribution in [3.8, 4) is 0 Å². The first-order valence-corrected chi connectivity index (χ1v) is 6.26. The van der Waals surface area contributed by atoms with E-state index in [1.165, 1.54) is 0 Å². The van der Waals surface area contributed by atoms with Crippen LogP contribution in [0.3, 0.4) is 0 Å². The van der Waals surface area contributed by atoms with Gasteiger partial charge in [-0.1, -0.05) is 13.8 Å². The van der Waals surface area contributed by atoms with Crippen molar-refractivity contribution in [1.82, 2.24) is 15.5 Å². The lowest BCUT2D eigenvalue weighted by Gasteiger charge is -2.28. The van der Waals surface area contributed by atoms with Gasteiger partial charge in [0.2, 0.25) is 5.91 Å². The highest BCUT2D eigenvalue weighted by atomic mass is 16.5. The van der Waals surface area contributed by atoms with Gasteiger partial charge >= 0.3 is 6.03 Å². The molecule has 112 valence electrons. The highest BCUT2D eigenvalue weighted by Crippen LogP contribution is 2.13. The number of nitrogens with two attached hydrogens (primary N) is 1. The van der Waals surface area contributed by atoms with Gasteiger partial charge in [0.1, 0.15) is 0 Å². The normalized spacial score (nSPS) is 11.5. The van der Waals surface area contributed by atoms with E-state index in [-0.39, 0.29) is 17.9 Å². The summed E-state index contributed by atoms with van der Waals surface area (Å²) in [6, 6.07) is -0.506. The van der Waals surface area contributed by atoms with E-state index in [4.69, 9.17) is 10.5 Å². The summed E-state index contributed by atoms with van der Waals surface area (Å²) in [7, 11) is 3.36. The van der Waals surface area contributed by atoms with Crippen molar-refractivity contribution in [3.63, 3.8) is 0 Å². The van der Waals surface area contributed by atoms with Crippen LogP contribution in [0.15, 0.2) is 0 Å². The Morgan fingerprint density at radius 1 is 1.37 bits per heavy atom. The molecule has 0 saturated carbocycles. The molecule has 0 aromatic carbocycles. The lowest BCUT2D eigenvalue weighted by Crippen LogP contribution is -2.46. The zero-order chi connectivity index (χ0) is 14.9. The van der Waals surface area contributed by atoms with Crippen molar-refractivity contribution in [3.05, 3.63) is 0 Å². The van der Waals surface area contributed by atoms with Gasteiger partial charge in [0.15, 0.2) is 0 Å². The molecule has 0 atom stereocenters. The molecule has 0 aliphatic carbocycles. The summed E-state index contributed by atoms with van der Waals surface area (Å²) in [6.07, 6.45) is 0. The van der Waals surface area contributed by atoms with Gasteiger partial charge in [-0.15, -0.1) is 0 Å². The molecule has 0 radical (unpaired) electrons. The second-order valence-corrected chi connectivity index (χ2v) is 5.34. The van der Waals surface area contributed by atoms with E-state index in [2.05, 4.69) is 10.6 Å². The maximum Gasteiger partial charge on any atom is 0.321 e. The largest absolute Gasteiger partial charge is 0.383 e. The predicted octanol–water partition coefficient (Wildman–Crippen LogP) is -0.625. The van der Waals surface area contributed by atoms with Crippen LogP contribution in [0.4, 0.5) is 4.79 Å². The van der Waals surface area contributed by atoms with E-state index >= 15 is 0 Å². The summed E-state index contributed by atoms with van der Waals surface area (Å²) < 4.78 is 4.78. The number of rotatable bonds is 8. The number of hydrogen-bond acceptors (Lipinski definition) is 5. The van der Waals surface area contributed by atoms with E-state index in [0.29, 0.717) is 26.2 Å². The Morgan fingerprint density at radius 3 is 2.53 bits per heavy atom. The first-order valence-electron chi connectivity index (χ1n) is 6.26. The van der Waals surface area contributed by atoms with Gasteiger partial charge in [0.25, 0.3) is 0 Å². The second-order valence-electron chi connectivity index (χ2n) is 5.34. The van der Waals surface area contributed by atoms with Crippen molar-refractivity contribution in [1.29, 1.82) is 0 Å². The van der Waals surface area contributed by atoms with Gasteiger partial charge in [0.05, 0.1) is 13.2 Å². The molecule has 0 aliphatic heterocycles. The smallest absolute Gasteiger partial charge is 0.321 e. The third kappa shape index (κ3) is 9.40. The third-order valence-corrected chi connectivity index (χ3v) is 2.51. The minimum absolute atomic E-state index is 0.0598. The standard InChI is InChI=1S/C12H26N4O3/c1-12(2,8-13)9-16(3)7-10(17)15-11(18)14-5-6-19-4/h5-9,13H2,1-4H3,(H2,14,15,17,18). The van der Waals surface area contributed by atoms with Crippen LogP contribution in [0.5, 0.6) is 0 Å². The second kappa shape index (κ2) is 8.84. The van der Waals surface area contributed by atoms with E-state index in [0.717, 1.165) is 0 Å². The molecule has 0 rings (SSSR count). The molecule has 4 N–H and O–H groups in total. The molecule has 0 saturated heterocycles. The molecule has 0 aromatic rings. The Morgan fingerprint density at radius 2 is 2.00 bits per heavy atom. The number of imide groups is 1. The Bertz CT molecular complexity index is 295. The molecular formula is C12H26N4O3. The molecule has 0 unspecified atom stereocenters. The Balaban J connectivity index is 3.93. The maximum atomic E-state index is 11.6. The van der Waals surface area contributed by atoms with Crippen LogP contribution in [-0.2, 0) is 9.53 Å². The van der Waals surface area contributed by atoms with Crippen LogP contribution in [-0.4, -0.2) is 63.8 Å². The number of nitrogens with zero attached hydrogens (tertiary/aromatic N) is 1. The van der Waals surface area contributed by atoms with Gasteiger partial charge in [-0.05, 0) is 19.0 Å². The van der Waals surface area contributed by atoms with Crippen molar-refractivity contribution in [2.45, 2.75) is 13.8 Å². The van der Waals surface area contributed by atoms with Crippen LogP contribution < -0.4 is 16.4 Å². The lowest BCUT2D eigenvalue weighted by molar-refractivity contribution is -0.121. The number of nitrogens with one attached hydrogen (secondary N) is 2. The fourth-order valence-electron chi connectivity index (χ4n) is 1.57. The van der Waals surface area contributed by atoms with Gasteiger partial charge in [0, 0.05) is 20.2 Å². The summed E-state index contributed by atoms with van der Waals surface area (Å²) in [5.74, 6) is -0.342. The van der Waals surface area contributed by atoms with Gasteiger partial charge in [-0.2, -0.15) is 0 Å². The SMILES string of the molecule is COCCNC(=O)NC(=O)CN(C)CC(C)(C)CN. The molecule has 0 spiro atoms. The molecular weight excluding hydrogens is 248 g/mol. The predicted molar refractivity (Wildman–Crippen MR) is 73.7 cm³/mol. The molecule has 0 aromatic heterocycles. The van der Waals surface area contributed by atoms with Crippen molar-refractivity contribution < 1.29 is 14.3 Å². The summed E-state index contributed by atoms with van der Waals surface area (Å²) in [6.45, 7) is 6.20. The molecule has 7 nitrogen and oxygen atoms in total. The fraction of sp³-hybridized carbons (Fsp3) is 0.833. The number of amides is 3. The maximum absolute atomic E-state index is 11.6. The van der Waals surface area contributed by atoms with Crippen LogP contribution in [0.2, 0.25) is 0 Å². The van der Waals surface area contributed by atoms with Crippen molar-refractivity contribution in [2.75, 3.05) is 46.9 Å². The van der Waals surface area contributed by atoms with Crippen LogP contribution in [0.25, 0.3) is 0 Å². The van der Waals surface area contributed by atoms with E-state index in [1.54, 1.807) is 7.11 Å². The monoisotopic (exact) mass is 274 g/mol.